The molecule has 1 aromatic carbocycles. The predicted octanol–water partition coefficient (Wildman–Crippen LogP) is 3.47. The molecule has 0 radical (unpaired) electrons. The molecule has 3 heteroatoms. The Morgan fingerprint density at radius 3 is 2.59 bits per heavy atom. The van der Waals surface area contributed by atoms with Crippen LogP contribution in [-0.4, -0.2) is 19.8 Å². The lowest BCUT2D eigenvalue weighted by Crippen LogP contribution is -2.18. The summed E-state index contributed by atoms with van der Waals surface area (Å²) in [6.07, 6.45) is 3.59. The Bertz CT molecular complexity index is 374. The molecule has 0 saturated carbocycles. The van der Waals surface area contributed by atoms with Gasteiger partial charge in [0, 0.05) is 25.4 Å². The average Bonchev–Trinajstić information content (AvgIpc) is 2.41. The van der Waals surface area contributed by atoms with Crippen molar-refractivity contribution in [2.75, 3.05) is 25.1 Å². The van der Waals surface area contributed by atoms with Crippen LogP contribution in [0.5, 0.6) is 0 Å². The van der Waals surface area contributed by atoms with Gasteiger partial charge in [-0.25, -0.2) is 4.85 Å². The standard InChI is InChI=1S/C14H18N2O/c1-15-13-2-4-14(5-3-13)16-9-6-12-7-10-17-11-8-12/h2-5,12,16H,6-11H2. The minimum atomic E-state index is 0.694. The number of hydrogen-bond donors (Lipinski definition) is 1. The van der Waals surface area contributed by atoms with Crippen molar-refractivity contribution in [3.05, 3.63) is 35.7 Å². The van der Waals surface area contributed by atoms with Crippen molar-refractivity contribution in [1.82, 2.24) is 0 Å². The summed E-state index contributed by atoms with van der Waals surface area (Å²) in [5.41, 5.74) is 1.80. The second-order valence-corrected chi connectivity index (χ2v) is 4.43. The minimum absolute atomic E-state index is 0.694. The van der Waals surface area contributed by atoms with E-state index in [1.807, 2.05) is 24.3 Å². The van der Waals surface area contributed by atoms with Crippen LogP contribution in [0.4, 0.5) is 11.4 Å². The van der Waals surface area contributed by atoms with Crippen LogP contribution in [0.1, 0.15) is 19.3 Å². The lowest BCUT2D eigenvalue weighted by Gasteiger charge is -2.22. The number of anilines is 1. The highest BCUT2D eigenvalue weighted by Gasteiger charge is 2.12. The average molecular weight is 230 g/mol. The summed E-state index contributed by atoms with van der Waals surface area (Å²) >= 11 is 0. The van der Waals surface area contributed by atoms with Gasteiger partial charge in [-0.2, -0.15) is 0 Å². The van der Waals surface area contributed by atoms with E-state index in [0.717, 1.165) is 31.4 Å². The maximum absolute atomic E-state index is 6.88. The fourth-order valence-electron chi connectivity index (χ4n) is 2.11. The highest BCUT2D eigenvalue weighted by molar-refractivity contribution is 5.53. The van der Waals surface area contributed by atoms with Crippen molar-refractivity contribution < 1.29 is 4.74 Å². The molecule has 0 spiro atoms. The van der Waals surface area contributed by atoms with Gasteiger partial charge in [0.05, 0.1) is 6.57 Å². The molecule has 0 aliphatic carbocycles. The monoisotopic (exact) mass is 230 g/mol. The maximum Gasteiger partial charge on any atom is 0.187 e. The van der Waals surface area contributed by atoms with Gasteiger partial charge in [0.15, 0.2) is 5.69 Å². The van der Waals surface area contributed by atoms with E-state index in [9.17, 15) is 0 Å². The fourth-order valence-corrected chi connectivity index (χ4v) is 2.11. The summed E-state index contributed by atoms with van der Waals surface area (Å²) in [7, 11) is 0. The van der Waals surface area contributed by atoms with Crippen molar-refractivity contribution in [2.24, 2.45) is 5.92 Å². The van der Waals surface area contributed by atoms with Crippen molar-refractivity contribution in [1.29, 1.82) is 0 Å². The summed E-state index contributed by atoms with van der Waals surface area (Å²) < 4.78 is 5.34. The Hall–Kier alpha value is -1.53. The highest BCUT2D eigenvalue weighted by atomic mass is 16.5. The van der Waals surface area contributed by atoms with Crippen LogP contribution in [0.2, 0.25) is 0 Å². The van der Waals surface area contributed by atoms with Crippen molar-refractivity contribution in [3.63, 3.8) is 0 Å². The van der Waals surface area contributed by atoms with E-state index >= 15 is 0 Å². The highest BCUT2D eigenvalue weighted by Crippen LogP contribution is 2.19. The predicted molar refractivity (Wildman–Crippen MR) is 69.4 cm³/mol. The Kier molecular flexibility index (Phi) is 4.40. The molecule has 90 valence electrons. The van der Waals surface area contributed by atoms with Crippen LogP contribution in [-0.2, 0) is 4.74 Å². The molecule has 17 heavy (non-hydrogen) atoms. The molecule has 0 atom stereocenters. The van der Waals surface area contributed by atoms with Gasteiger partial charge in [-0.3, -0.25) is 0 Å². The molecule has 0 bridgehead atoms. The molecule has 2 rings (SSSR count). The number of rotatable bonds is 4. The normalized spacial score (nSPS) is 16.4. The molecule has 1 N–H and O–H groups in total. The van der Waals surface area contributed by atoms with Gasteiger partial charge >= 0.3 is 0 Å². The minimum Gasteiger partial charge on any atom is -0.385 e. The number of hydrogen-bond acceptors (Lipinski definition) is 2. The van der Waals surface area contributed by atoms with E-state index in [0.29, 0.717) is 5.69 Å². The second-order valence-electron chi connectivity index (χ2n) is 4.43. The zero-order valence-corrected chi connectivity index (χ0v) is 9.98. The van der Waals surface area contributed by atoms with Crippen LogP contribution in [0.3, 0.4) is 0 Å². The topological polar surface area (TPSA) is 25.6 Å². The smallest absolute Gasteiger partial charge is 0.187 e. The Morgan fingerprint density at radius 2 is 1.94 bits per heavy atom. The van der Waals surface area contributed by atoms with Crippen molar-refractivity contribution >= 4 is 11.4 Å². The van der Waals surface area contributed by atoms with Crippen LogP contribution in [0.15, 0.2) is 24.3 Å². The van der Waals surface area contributed by atoms with E-state index < -0.39 is 0 Å². The molecule has 1 heterocycles. The number of nitrogens with zero attached hydrogens (tertiary/aromatic N) is 1. The van der Waals surface area contributed by atoms with Gasteiger partial charge in [-0.15, -0.1) is 0 Å². The molecule has 0 unspecified atom stereocenters. The Labute approximate surface area is 103 Å². The van der Waals surface area contributed by atoms with E-state index in [2.05, 4.69) is 10.2 Å². The lowest BCUT2D eigenvalue weighted by molar-refractivity contribution is 0.0649. The number of ether oxygens (including phenoxy) is 1. The molecule has 1 saturated heterocycles. The van der Waals surface area contributed by atoms with Crippen molar-refractivity contribution in [2.45, 2.75) is 19.3 Å². The van der Waals surface area contributed by atoms with E-state index in [4.69, 9.17) is 11.3 Å². The zero-order chi connectivity index (χ0) is 11.9. The molecule has 1 aliphatic rings. The Morgan fingerprint density at radius 1 is 1.24 bits per heavy atom. The van der Waals surface area contributed by atoms with Gasteiger partial charge < -0.3 is 10.1 Å². The first-order valence-electron chi connectivity index (χ1n) is 6.17. The fraction of sp³-hybridized carbons (Fsp3) is 0.500. The molecule has 0 amide bonds. The van der Waals surface area contributed by atoms with Crippen LogP contribution in [0, 0.1) is 12.5 Å². The summed E-state index contributed by atoms with van der Waals surface area (Å²) in [5, 5.41) is 3.40. The lowest BCUT2D eigenvalue weighted by atomic mass is 9.97. The quantitative estimate of drug-likeness (QED) is 0.801. The van der Waals surface area contributed by atoms with Crippen LogP contribution in [0.25, 0.3) is 4.85 Å². The first-order chi connectivity index (χ1) is 8.38. The summed E-state index contributed by atoms with van der Waals surface area (Å²) in [6.45, 7) is 9.72. The second kappa shape index (κ2) is 6.27. The van der Waals surface area contributed by atoms with Crippen LogP contribution < -0.4 is 5.32 Å². The van der Waals surface area contributed by atoms with Gasteiger partial charge in [0.1, 0.15) is 0 Å². The van der Waals surface area contributed by atoms with Gasteiger partial charge in [0.2, 0.25) is 0 Å². The summed E-state index contributed by atoms with van der Waals surface area (Å²) in [4.78, 5) is 3.37. The molecule has 1 aromatic rings. The molecule has 1 fully saturated rings. The summed E-state index contributed by atoms with van der Waals surface area (Å²) in [5.74, 6) is 0.804. The largest absolute Gasteiger partial charge is 0.385 e. The van der Waals surface area contributed by atoms with Gasteiger partial charge in [-0.05, 0) is 37.3 Å². The molecule has 1 aliphatic heterocycles. The first kappa shape index (κ1) is 11.9. The molecule has 3 nitrogen and oxygen atoms in total. The number of nitrogens with one attached hydrogen (secondary N) is 1. The van der Waals surface area contributed by atoms with E-state index in [-0.39, 0.29) is 0 Å². The third-order valence-electron chi connectivity index (χ3n) is 3.22. The maximum atomic E-state index is 6.88. The molecular formula is C14H18N2O. The zero-order valence-electron chi connectivity index (χ0n) is 9.98. The number of benzene rings is 1. The van der Waals surface area contributed by atoms with Gasteiger partial charge in [-0.1, -0.05) is 12.1 Å². The summed E-state index contributed by atoms with van der Waals surface area (Å²) in [6, 6.07) is 7.64. The first-order valence-corrected chi connectivity index (χ1v) is 6.17. The third-order valence-corrected chi connectivity index (χ3v) is 3.22. The molecular weight excluding hydrogens is 212 g/mol. The van der Waals surface area contributed by atoms with Crippen LogP contribution >= 0.6 is 0 Å². The van der Waals surface area contributed by atoms with Crippen molar-refractivity contribution in [3.8, 4) is 0 Å². The van der Waals surface area contributed by atoms with E-state index in [1.165, 1.54) is 19.3 Å². The van der Waals surface area contributed by atoms with Gasteiger partial charge in [0.25, 0.3) is 0 Å². The Balaban J connectivity index is 1.72. The SMILES string of the molecule is [C-]#[N+]c1ccc(NCCC2CCOCC2)cc1. The third kappa shape index (κ3) is 3.76. The van der Waals surface area contributed by atoms with E-state index in [1.54, 1.807) is 0 Å². The molecule has 0 aromatic heterocycles.